The van der Waals surface area contributed by atoms with Crippen LogP contribution < -0.4 is 10.0 Å². The standard InChI is InChI=1S/C20H21N3O2S/c1-3-16-6-8-17(9-7-16)22-18-10-13-20(21-14-18)23-26(24,25)19-11-4-15(2)5-12-19/h4-14,22H,3H2,1-2H3,(H,21,23). The first kappa shape index (κ1) is 17.9. The molecule has 3 aromatic rings. The fourth-order valence-electron chi connectivity index (χ4n) is 2.43. The molecule has 0 bridgehead atoms. The molecule has 0 amide bonds. The average Bonchev–Trinajstić information content (AvgIpc) is 2.64. The lowest BCUT2D eigenvalue weighted by Crippen LogP contribution is -2.13. The van der Waals surface area contributed by atoms with Crippen molar-refractivity contribution in [1.29, 1.82) is 0 Å². The van der Waals surface area contributed by atoms with Crippen molar-refractivity contribution in [3.05, 3.63) is 78.0 Å². The van der Waals surface area contributed by atoms with E-state index in [1.807, 2.05) is 19.1 Å². The minimum Gasteiger partial charge on any atom is -0.354 e. The zero-order valence-electron chi connectivity index (χ0n) is 14.7. The van der Waals surface area contributed by atoms with Crippen molar-refractivity contribution < 1.29 is 8.42 Å². The van der Waals surface area contributed by atoms with Crippen LogP contribution >= 0.6 is 0 Å². The van der Waals surface area contributed by atoms with E-state index in [2.05, 4.69) is 34.1 Å². The summed E-state index contributed by atoms with van der Waals surface area (Å²) >= 11 is 0. The molecular weight excluding hydrogens is 346 g/mol. The summed E-state index contributed by atoms with van der Waals surface area (Å²) in [7, 11) is -3.64. The predicted octanol–water partition coefficient (Wildman–Crippen LogP) is 4.50. The van der Waals surface area contributed by atoms with Gasteiger partial charge in [-0.05, 0) is 55.3 Å². The Morgan fingerprint density at radius 1 is 0.885 bits per heavy atom. The van der Waals surface area contributed by atoms with Crippen molar-refractivity contribution in [2.45, 2.75) is 25.2 Å². The van der Waals surface area contributed by atoms with Gasteiger partial charge in [-0.2, -0.15) is 0 Å². The molecule has 2 aromatic carbocycles. The van der Waals surface area contributed by atoms with Crippen molar-refractivity contribution in [1.82, 2.24) is 4.98 Å². The van der Waals surface area contributed by atoms with Gasteiger partial charge in [-0.3, -0.25) is 4.72 Å². The summed E-state index contributed by atoms with van der Waals surface area (Å²) < 4.78 is 27.3. The molecule has 0 aliphatic rings. The zero-order valence-corrected chi connectivity index (χ0v) is 15.5. The van der Waals surface area contributed by atoms with Crippen molar-refractivity contribution in [3.63, 3.8) is 0 Å². The van der Waals surface area contributed by atoms with Crippen LogP contribution in [0.2, 0.25) is 0 Å². The third kappa shape index (κ3) is 4.40. The Labute approximate surface area is 154 Å². The number of pyridine rings is 1. The van der Waals surface area contributed by atoms with E-state index in [0.29, 0.717) is 0 Å². The first-order valence-corrected chi connectivity index (χ1v) is 9.86. The number of anilines is 3. The van der Waals surface area contributed by atoms with E-state index in [0.717, 1.165) is 23.4 Å². The maximum Gasteiger partial charge on any atom is 0.263 e. The third-order valence-corrected chi connectivity index (χ3v) is 5.36. The van der Waals surface area contributed by atoms with Crippen LogP contribution in [0.5, 0.6) is 0 Å². The molecule has 0 unspecified atom stereocenters. The fraction of sp³-hybridized carbons (Fsp3) is 0.150. The van der Waals surface area contributed by atoms with E-state index >= 15 is 0 Å². The highest BCUT2D eigenvalue weighted by atomic mass is 32.2. The van der Waals surface area contributed by atoms with E-state index in [1.165, 1.54) is 5.56 Å². The highest BCUT2D eigenvalue weighted by molar-refractivity contribution is 7.92. The second-order valence-corrected chi connectivity index (χ2v) is 7.71. The summed E-state index contributed by atoms with van der Waals surface area (Å²) in [5.41, 5.74) is 4.02. The number of sulfonamides is 1. The van der Waals surface area contributed by atoms with Crippen LogP contribution in [0.15, 0.2) is 71.8 Å². The highest BCUT2D eigenvalue weighted by Crippen LogP contribution is 2.19. The lowest BCUT2D eigenvalue weighted by atomic mass is 10.1. The Balaban J connectivity index is 1.69. The largest absolute Gasteiger partial charge is 0.354 e. The summed E-state index contributed by atoms with van der Waals surface area (Å²) in [4.78, 5) is 4.40. The van der Waals surface area contributed by atoms with E-state index in [9.17, 15) is 8.42 Å². The van der Waals surface area contributed by atoms with Gasteiger partial charge in [-0.15, -0.1) is 0 Å². The van der Waals surface area contributed by atoms with Gasteiger partial charge in [-0.25, -0.2) is 13.4 Å². The lowest BCUT2D eigenvalue weighted by Gasteiger charge is -2.10. The van der Waals surface area contributed by atoms with Crippen LogP contribution in [0.25, 0.3) is 0 Å². The fourth-order valence-corrected chi connectivity index (χ4v) is 3.44. The number of benzene rings is 2. The molecule has 1 aromatic heterocycles. The van der Waals surface area contributed by atoms with Gasteiger partial charge in [0.1, 0.15) is 5.82 Å². The van der Waals surface area contributed by atoms with Crippen LogP contribution in [0.4, 0.5) is 17.2 Å². The number of aryl methyl sites for hydroxylation is 2. The van der Waals surface area contributed by atoms with Crippen LogP contribution in [-0.4, -0.2) is 13.4 Å². The molecule has 2 N–H and O–H groups in total. The third-order valence-electron chi connectivity index (χ3n) is 3.98. The van der Waals surface area contributed by atoms with E-state index in [1.54, 1.807) is 42.6 Å². The van der Waals surface area contributed by atoms with Crippen LogP contribution in [-0.2, 0) is 16.4 Å². The first-order chi connectivity index (χ1) is 12.5. The van der Waals surface area contributed by atoms with Crippen LogP contribution in [0.1, 0.15) is 18.1 Å². The van der Waals surface area contributed by atoms with E-state index in [4.69, 9.17) is 0 Å². The first-order valence-electron chi connectivity index (χ1n) is 8.38. The second-order valence-electron chi connectivity index (χ2n) is 6.03. The van der Waals surface area contributed by atoms with Crippen molar-refractivity contribution in [3.8, 4) is 0 Å². The Hall–Kier alpha value is -2.86. The highest BCUT2D eigenvalue weighted by Gasteiger charge is 2.14. The molecular formula is C20H21N3O2S. The summed E-state index contributed by atoms with van der Waals surface area (Å²) in [6, 6.07) is 18.3. The average molecular weight is 367 g/mol. The van der Waals surface area contributed by atoms with Gasteiger partial charge in [0.05, 0.1) is 16.8 Å². The van der Waals surface area contributed by atoms with Gasteiger partial charge in [-0.1, -0.05) is 36.8 Å². The Morgan fingerprint density at radius 2 is 1.54 bits per heavy atom. The maximum atomic E-state index is 12.4. The minimum absolute atomic E-state index is 0.211. The smallest absolute Gasteiger partial charge is 0.263 e. The zero-order chi connectivity index (χ0) is 18.6. The SMILES string of the molecule is CCc1ccc(Nc2ccc(NS(=O)(=O)c3ccc(C)cc3)nc2)cc1. The molecule has 3 rings (SSSR count). The number of nitrogens with one attached hydrogen (secondary N) is 2. The number of hydrogen-bond donors (Lipinski definition) is 2. The van der Waals surface area contributed by atoms with Crippen LogP contribution in [0, 0.1) is 6.92 Å². The number of aromatic nitrogens is 1. The van der Waals surface area contributed by atoms with E-state index in [-0.39, 0.29) is 10.7 Å². The molecule has 0 aliphatic heterocycles. The molecule has 0 saturated carbocycles. The Kier molecular flexibility index (Phi) is 5.23. The predicted molar refractivity (Wildman–Crippen MR) is 105 cm³/mol. The van der Waals surface area contributed by atoms with Gasteiger partial charge in [0.25, 0.3) is 10.0 Å². The topological polar surface area (TPSA) is 71.1 Å². The monoisotopic (exact) mass is 367 g/mol. The Bertz CT molecular complexity index is 965. The molecule has 0 saturated heterocycles. The number of rotatable bonds is 6. The molecule has 0 spiro atoms. The molecule has 0 fully saturated rings. The van der Waals surface area contributed by atoms with Gasteiger partial charge >= 0.3 is 0 Å². The molecule has 0 radical (unpaired) electrons. The molecule has 0 atom stereocenters. The molecule has 6 heteroatoms. The van der Waals surface area contributed by atoms with Gasteiger partial charge in [0.2, 0.25) is 0 Å². The Morgan fingerprint density at radius 3 is 2.12 bits per heavy atom. The minimum atomic E-state index is -3.64. The molecule has 5 nitrogen and oxygen atoms in total. The summed E-state index contributed by atoms with van der Waals surface area (Å²) in [5.74, 6) is 0.275. The maximum absolute atomic E-state index is 12.4. The van der Waals surface area contributed by atoms with Gasteiger partial charge in [0.15, 0.2) is 0 Å². The normalized spacial score (nSPS) is 11.2. The van der Waals surface area contributed by atoms with Crippen molar-refractivity contribution >= 4 is 27.2 Å². The molecule has 0 aliphatic carbocycles. The second kappa shape index (κ2) is 7.58. The number of hydrogen-bond acceptors (Lipinski definition) is 4. The van der Waals surface area contributed by atoms with Gasteiger partial charge in [0, 0.05) is 5.69 Å². The van der Waals surface area contributed by atoms with Crippen molar-refractivity contribution in [2.75, 3.05) is 10.0 Å². The molecule has 1 heterocycles. The summed E-state index contributed by atoms with van der Waals surface area (Å²) in [6.45, 7) is 4.02. The quantitative estimate of drug-likeness (QED) is 0.673. The van der Waals surface area contributed by atoms with Crippen LogP contribution in [0.3, 0.4) is 0 Å². The molecule has 134 valence electrons. The summed E-state index contributed by atoms with van der Waals surface area (Å²) in [5, 5.41) is 3.24. The van der Waals surface area contributed by atoms with E-state index < -0.39 is 10.0 Å². The van der Waals surface area contributed by atoms with Gasteiger partial charge < -0.3 is 5.32 Å². The van der Waals surface area contributed by atoms with Crippen molar-refractivity contribution in [2.24, 2.45) is 0 Å². The number of nitrogens with zero attached hydrogens (tertiary/aromatic N) is 1. The lowest BCUT2D eigenvalue weighted by molar-refractivity contribution is 0.601. The molecule has 26 heavy (non-hydrogen) atoms. The summed E-state index contributed by atoms with van der Waals surface area (Å²) in [6.07, 6.45) is 2.60.